The van der Waals surface area contributed by atoms with Crippen molar-refractivity contribution in [3.05, 3.63) is 76.1 Å². The maximum Gasteiger partial charge on any atom is 0.151 e. The quantitative estimate of drug-likeness (QED) is 0.286. The Kier molecular flexibility index (Phi) is 8.90. The van der Waals surface area contributed by atoms with Gasteiger partial charge < -0.3 is 15.4 Å². The number of fused-ring (bicyclic) bond motifs is 1. The zero-order valence-electron chi connectivity index (χ0n) is 19.4. The number of anilines is 2. The van der Waals surface area contributed by atoms with Gasteiger partial charge in [-0.3, -0.25) is 0 Å². The summed E-state index contributed by atoms with van der Waals surface area (Å²) in [6, 6.07) is 13.6. The smallest absolute Gasteiger partial charge is 0.151 e. The van der Waals surface area contributed by atoms with Crippen LogP contribution in [-0.4, -0.2) is 23.1 Å². The zero-order valence-corrected chi connectivity index (χ0v) is 21.0. The summed E-state index contributed by atoms with van der Waals surface area (Å²) in [5.74, 6) is 6.85. The molecular weight excluding hydrogens is 483 g/mol. The molecule has 0 bridgehead atoms. The van der Waals surface area contributed by atoms with Gasteiger partial charge in [-0.2, -0.15) is 0 Å². The number of hydrogen-bond donors (Lipinski definition) is 2. The van der Waals surface area contributed by atoms with Crippen LogP contribution >= 0.6 is 22.9 Å². The highest BCUT2D eigenvalue weighted by Gasteiger charge is 2.10. The number of benzene rings is 2. The second kappa shape index (κ2) is 12.5. The van der Waals surface area contributed by atoms with Gasteiger partial charge in [-0.05, 0) is 74.8 Å². The van der Waals surface area contributed by atoms with Crippen molar-refractivity contribution in [2.75, 3.05) is 18.4 Å². The Labute approximate surface area is 213 Å². The van der Waals surface area contributed by atoms with Gasteiger partial charge in [0.2, 0.25) is 0 Å². The molecule has 0 radical (unpaired) electrons. The van der Waals surface area contributed by atoms with E-state index in [1.165, 1.54) is 62.1 Å². The van der Waals surface area contributed by atoms with E-state index in [1.54, 1.807) is 31.2 Å². The molecule has 0 atom stereocenters. The molecule has 5 nitrogen and oxygen atoms in total. The van der Waals surface area contributed by atoms with Crippen LogP contribution in [-0.2, 0) is 6.61 Å². The number of nitrogens with zero attached hydrogens (tertiary/aromatic N) is 2. The first-order chi connectivity index (χ1) is 17.1. The van der Waals surface area contributed by atoms with Crippen molar-refractivity contribution in [3.8, 4) is 17.6 Å². The van der Waals surface area contributed by atoms with Crippen molar-refractivity contribution in [3.63, 3.8) is 0 Å². The molecule has 2 aromatic carbocycles. The fourth-order valence-corrected chi connectivity index (χ4v) is 4.75. The Balaban J connectivity index is 0.000000421. The standard InChI is InChI=1S/C22H15ClFN3OS.C5H11N/c1-2-4-17-11-19-21(29-17)22(26-13-25-19)27-16-7-8-20(18(23)10-16)28-12-14-5-3-6-15(24)9-14;1-2-4-6-5-3-1/h3,5-11,13H,12H2,1H3,(H,25,26,27);6H,1-5H2. The van der Waals surface area contributed by atoms with Gasteiger partial charge in [0.1, 0.15) is 24.5 Å². The van der Waals surface area contributed by atoms with Crippen LogP contribution < -0.4 is 15.4 Å². The Morgan fingerprint density at radius 1 is 1.11 bits per heavy atom. The largest absolute Gasteiger partial charge is 0.487 e. The van der Waals surface area contributed by atoms with Gasteiger partial charge in [-0.1, -0.05) is 36.1 Å². The minimum atomic E-state index is -0.297. The van der Waals surface area contributed by atoms with Gasteiger partial charge in [0.25, 0.3) is 0 Å². The summed E-state index contributed by atoms with van der Waals surface area (Å²) in [5.41, 5.74) is 2.34. The number of nitrogens with one attached hydrogen (secondary N) is 2. The molecule has 3 heterocycles. The van der Waals surface area contributed by atoms with Crippen molar-refractivity contribution < 1.29 is 9.13 Å². The third kappa shape index (κ3) is 7.15. The van der Waals surface area contributed by atoms with Gasteiger partial charge >= 0.3 is 0 Å². The first kappa shape index (κ1) is 24.9. The second-order valence-electron chi connectivity index (χ2n) is 7.92. The summed E-state index contributed by atoms with van der Waals surface area (Å²) in [7, 11) is 0. The average Bonchev–Trinajstić information content (AvgIpc) is 3.29. The number of halogens is 2. The number of thiophene rings is 1. The number of piperidine rings is 1. The van der Waals surface area contributed by atoms with E-state index in [2.05, 4.69) is 32.4 Å². The Morgan fingerprint density at radius 2 is 1.97 bits per heavy atom. The molecule has 2 aromatic heterocycles. The van der Waals surface area contributed by atoms with Crippen LogP contribution in [0.3, 0.4) is 0 Å². The monoisotopic (exact) mass is 508 g/mol. The Hall–Kier alpha value is -3.18. The molecule has 4 aromatic rings. The molecule has 2 N–H and O–H groups in total. The second-order valence-corrected chi connectivity index (χ2v) is 9.38. The van der Waals surface area contributed by atoms with Gasteiger partial charge in [0.05, 0.1) is 20.1 Å². The summed E-state index contributed by atoms with van der Waals surface area (Å²) >= 11 is 7.90. The van der Waals surface area contributed by atoms with E-state index in [4.69, 9.17) is 16.3 Å². The molecule has 0 amide bonds. The lowest BCUT2D eigenvalue weighted by molar-refractivity contribution is 0.306. The average molecular weight is 509 g/mol. The molecular formula is C27H26ClFN4OS. The van der Waals surface area contributed by atoms with Crippen molar-refractivity contribution in [1.29, 1.82) is 0 Å². The van der Waals surface area contributed by atoms with Crippen molar-refractivity contribution in [2.45, 2.75) is 32.8 Å². The lowest BCUT2D eigenvalue weighted by atomic mass is 10.2. The first-order valence-electron chi connectivity index (χ1n) is 11.4. The lowest BCUT2D eigenvalue weighted by Crippen LogP contribution is -2.21. The molecule has 1 saturated heterocycles. The maximum atomic E-state index is 13.3. The third-order valence-electron chi connectivity index (χ3n) is 5.24. The van der Waals surface area contributed by atoms with Crippen LogP contribution in [0.4, 0.5) is 15.9 Å². The highest BCUT2D eigenvalue weighted by molar-refractivity contribution is 7.20. The van der Waals surface area contributed by atoms with Crippen LogP contribution in [0.1, 0.15) is 36.6 Å². The topological polar surface area (TPSA) is 59.1 Å². The number of rotatable bonds is 5. The fourth-order valence-electron chi connectivity index (χ4n) is 3.55. The molecule has 1 fully saturated rings. The van der Waals surface area contributed by atoms with E-state index in [1.807, 2.05) is 12.1 Å². The molecule has 5 rings (SSSR count). The van der Waals surface area contributed by atoms with E-state index in [-0.39, 0.29) is 12.4 Å². The Morgan fingerprint density at radius 3 is 2.66 bits per heavy atom. The summed E-state index contributed by atoms with van der Waals surface area (Å²) in [6.07, 6.45) is 5.73. The predicted molar refractivity (Wildman–Crippen MR) is 142 cm³/mol. The van der Waals surface area contributed by atoms with E-state index in [0.29, 0.717) is 16.6 Å². The van der Waals surface area contributed by atoms with Crippen molar-refractivity contribution in [2.24, 2.45) is 0 Å². The van der Waals surface area contributed by atoms with E-state index in [9.17, 15) is 4.39 Å². The first-order valence-corrected chi connectivity index (χ1v) is 12.6. The number of ether oxygens (including phenoxy) is 1. The molecule has 1 aliphatic rings. The fraction of sp³-hybridized carbons (Fsp3) is 0.259. The van der Waals surface area contributed by atoms with Crippen LogP contribution in [0.25, 0.3) is 10.2 Å². The maximum absolute atomic E-state index is 13.3. The van der Waals surface area contributed by atoms with Crippen LogP contribution in [0.15, 0.2) is 54.9 Å². The molecule has 180 valence electrons. The number of hydrogen-bond acceptors (Lipinski definition) is 6. The van der Waals surface area contributed by atoms with Gasteiger partial charge in [0, 0.05) is 5.69 Å². The highest BCUT2D eigenvalue weighted by Crippen LogP contribution is 2.33. The van der Waals surface area contributed by atoms with Crippen LogP contribution in [0.2, 0.25) is 5.02 Å². The zero-order chi connectivity index (χ0) is 24.5. The predicted octanol–water partition coefficient (Wildman–Crippen LogP) is 6.94. The molecule has 8 heteroatoms. The van der Waals surface area contributed by atoms with E-state index >= 15 is 0 Å². The van der Waals surface area contributed by atoms with Gasteiger partial charge in [0.15, 0.2) is 5.82 Å². The SMILES string of the molecule is C1CCNCC1.CC#Cc1cc2ncnc(Nc3ccc(OCc4cccc(F)c4)c(Cl)c3)c2s1. The summed E-state index contributed by atoms with van der Waals surface area (Å²) in [5, 5.41) is 7.00. The number of aromatic nitrogens is 2. The van der Waals surface area contributed by atoms with Gasteiger partial charge in [-0.15, -0.1) is 17.3 Å². The lowest BCUT2D eigenvalue weighted by Gasteiger charge is -2.11. The molecule has 35 heavy (non-hydrogen) atoms. The third-order valence-corrected chi connectivity index (χ3v) is 6.59. The highest BCUT2D eigenvalue weighted by atomic mass is 35.5. The van der Waals surface area contributed by atoms with Gasteiger partial charge in [-0.25, -0.2) is 14.4 Å². The molecule has 0 spiro atoms. The summed E-state index contributed by atoms with van der Waals surface area (Å²) < 4.78 is 19.9. The van der Waals surface area contributed by atoms with Crippen LogP contribution in [0, 0.1) is 17.7 Å². The molecule has 0 unspecified atom stereocenters. The summed E-state index contributed by atoms with van der Waals surface area (Å²) in [6.45, 7) is 4.53. The molecule has 0 aliphatic carbocycles. The normalized spacial score (nSPS) is 12.8. The minimum absolute atomic E-state index is 0.229. The summed E-state index contributed by atoms with van der Waals surface area (Å²) in [4.78, 5) is 9.57. The Bertz CT molecular complexity index is 1330. The molecule has 0 saturated carbocycles. The van der Waals surface area contributed by atoms with Crippen LogP contribution in [0.5, 0.6) is 5.75 Å². The van der Waals surface area contributed by atoms with E-state index in [0.717, 1.165) is 26.3 Å². The molecule has 1 aliphatic heterocycles. The van der Waals surface area contributed by atoms with Crippen molar-refractivity contribution in [1.82, 2.24) is 15.3 Å². The van der Waals surface area contributed by atoms with Crippen molar-refractivity contribution >= 4 is 44.7 Å². The minimum Gasteiger partial charge on any atom is -0.487 e. The van der Waals surface area contributed by atoms with E-state index < -0.39 is 0 Å².